The fraction of sp³-hybridized carbons (Fsp3) is 0.375. The number of carbonyl (C=O) groups excluding carboxylic acids is 1. The molecule has 1 aliphatic rings. The van der Waals surface area contributed by atoms with Gasteiger partial charge in [0.2, 0.25) is 0 Å². The third-order valence-corrected chi connectivity index (χ3v) is 4.62. The number of aromatic nitrogens is 2. The third-order valence-electron chi connectivity index (χ3n) is 3.68. The van der Waals surface area contributed by atoms with Crippen molar-refractivity contribution in [1.29, 1.82) is 0 Å². The highest BCUT2D eigenvalue weighted by Crippen LogP contribution is 2.21. The average Bonchev–Trinajstić information content (AvgIpc) is 2.95. The predicted molar refractivity (Wildman–Crippen MR) is 89.8 cm³/mol. The van der Waals surface area contributed by atoms with Gasteiger partial charge in [-0.2, -0.15) is 16.9 Å². The number of hydrogen-bond donors (Lipinski definition) is 1. The summed E-state index contributed by atoms with van der Waals surface area (Å²) in [5, 5.41) is 7.54. The van der Waals surface area contributed by atoms with Gasteiger partial charge in [0.05, 0.1) is 5.69 Å². The number of benzene rings is 1. The first-order chi connectivity index (χ1) is 10.7. The van der Waals surface area contributed by atoms with Crippen LogP contribution in [0.1, 0.15) is 5.56 Å². The van der Waals surface area contributed by atoms with Gasteiger partial charge >= 0.3 is 6.03 Å². The Morgan fingerprint density at radius 1 is 1.27 bits per heavy atom. The molecule has 1 aromatic carbocycles. The zero-order valence-electron chi connectivity index (χ0n) is 12.7. The van der Waals surface area contributed by atoms with Gasteiger partial charge in [-0.15, -0.1) is 0 Å². The van der Waals surface area contributed by atoms with Crippen LogP contribution in [0.3, 0.4) is 0 Å². The Balaban J connectivity index is 1.69. The number of carbonyl (C=O) groups is 1. The molecule has 0 radical (unpaired) electrons. The summed E-state index contributed by atoms with van der Waals surface area (Å²) in [5.41, 5.74) is 3.03. The van der Waals surface area contributed by atoms with E-state index in [4.69, 9.17) is 0 Å². The van der Waals surface area contributed by atoms with Gasteiger partial charge in [0, 0.05) is 55.5 Å². The standard InChI is InChI=1S/C16H20N4OS/c1-19-12-14(15(18-19)13-5-3-2-4-6-13)11-17-16(21)20-7-9-22-10-8-20/h2-6,12H,7-11H2,1H3,(H,17,21). The molecule has 116 valence electrons. The van der Waals surface area contributed by atoms with Gasteiger partial charge in [-0.25, -0.2) is 4.79 Å². The topological polar surface area (TPSA) is 50.2 Å². The zero-order chi connectivity index (χ0) is 15.4. The van der Waals surface area contributed by atoms with Gasteiger partial charge in [0.15, 0.2) is 0 Å². The molecule has 0 aliphatic carbocycles. The van der Waals surface area contributed by atoms with E-state index in [1.54, 1.807) is 4.68 Å². The van der Waals surface area contributed by atoms with Gasteiger partial charge in [0.1, 0.15) is 0 Å². The summed E-state index contributed by atoms with van der Waals surface area (Å²) in [4.78, 5) is 14.1. The van der Waals surface area contributed by atoms with Gasteiger partial charge in [0.25, 0.3) is 0 Å². The van der Waals surface area contributed by atoms with E-state index < -0.39 is 0 Å². The van der Waals surface area contributed by atoms with Crippen molar-refractivity contribution < 1.29 is 4.79 Å². The van der Waals surface area contributed by atoms with Crippen molar-refractivity contribution in [1.82, 2.24) is 20.0 Å². The Morgan fingerprint density at radius 2 is 2.00 bits per heavy atom. The van der Waals surface area contributed by atoms with E-state index in [0.29, 0.717) is 6.54 Å². The second-order valence-corrected chi connectivity index (χ2v) is 6.53. The minimum absolute atomic E-state index is 0.0168. The second kappa shape index (κ2) is 6.87. The molecular weight excluding hydrogens is 296 g/mol. The Kier molecular flexibility index (Phi) is 4.68. The van der Waals surface area contributed by atoms with Crippen molar-refractivity contribution in [3.8, 4) is 11.3 Å². The van der Waals surface area contributed by atoms with Crippen molar-refractivity contribution in [2.24, 2.45) is 7.05 Å². The fourth-order valence-electron chi connectivity index (χ4n) is 2.56. The van der Waals surface area contributed by atoms with E-state index in [2.05, 4.69) is 10.4 Å². The average molecular weight is 316 g/mol. The normalized spacial score (nSPS) is 14.9. The summed E-state index contributed by atoms with van der Waals surface area (Å²) >= 11 is 1.90. The summed E-state index contributed by atoms with van der Waals surface area (Å²) < 4.78 is 1.79. The molecular formula is C16H20N4OS. The van der Waals surface area contributed by atoms with Gasteiger partial charge < -0.3 is 10.2 Å². The Labute approximate surface area is 134 Å². The number of hydrogen-bond acceptors (Lipinski definition) is 3. The number of amides is 2. The molecule has 1 aliphatic heterocycles. The lowest BCUT2D eigenvalue weighted by Crippen LogP contribution is -2.44. The van der Waals surface area contributed by atoms with Crippen LogP contribution in [0.5, 0.6) is 0 Å². The van der Waals surface area contributed by atoms with Crippen LogP contribution in [0.4, 0.5) is 4.79 Å². The quantitative estimate of drug-likeness (QED) is 0.945. The predicted octanol–water partition coefficient (Wildman–Crippen LogP) is 2.35. The van der Waals surface area contributed by atoms with Gasteiger partial charge in [-0.05, 0) is 0 Å². The van der Waals surface area contributed by atoms with E-state index in [0.717, 1.165) is 41.4 Å². The van der Waals surface area contributed by atoms with E-state index in [1.165, 1.54) is 0 Å². The molecule has 0 saturated carbocycles. The van der Waals surface area contributed by atoms with E-state index in [9.17, 15) is 4.79 Å². The van der Waals surface area contributed by atoms with Crippen LogP contribution in [-0.2, 0) is 13.6 Å². The maximum Gasteiger partial charge on any atom is 0.317 e. The second-order valence-electron chi connectivity index (χ2n) is 5.30. The summed E-state index contributed by atoms with van der Waals surface area (Å²) in [6, 6.07) is 10.1. The molecule has 6 heteroatoms. The van der Waals surface area contributed by atoms with Crippen molar-refractivity contribution in [2.75, 3.05) is 24.6 Å². The SMILES string of the molecule is Cn1cc(CNC(=O)N2CCSCC2)c(-c2ccccc2)n1. The molecule has 0 bridgehead atoms. The lowest BCUT2D eigenvalue weighted by atomic mass is 10.1. The number of nitrogens with zero attached hydrogens (tertiary/aromatic N) is 3. The van der Waals surface area contributed by atoms with Crippen LogP contribution in [0.25, 0.3) is 11.3 Å². The van der Waals surface area contributed by atoms with E-state index >= 15 is 0 Å². The van der Waals surface area contributed by atoms with Crippen molar-refractivity contribution >= 4 is 17.8 Å². The molecule has 22 heavy (non-hydrogen) atoms. The molecule has 0 spiro atoms. The zero-order valence-corrected chi connectivity index (χ0v) is 13.5. The van der Waals surface area contributed by atoms with Crippen LogP contribution in [-0.4, -0.2) is 45.3 Å². The van der Waals surface area contributed by atoms with Crippen molar-refractivity contribution in [3.63, 3.8) is 0 Å². The monoisotopic (exact) mass is 316 g/mol. The third kappa shape index (κ3) is 3.44. The number of thioether (sulfide) groups is 1. The first-order valence-corrected chi connectivity index (χ1v) is 8.58. The molecule has 1 aromatic heterocycles. The molecule has 1 saturated heterocycles. The van der Waals surface area contributed by atoms with Crippen LogP contribution < -0.4 is 5.32 Å². The highest BCUT2D eigenvalue weighted by atomic mass is 32.2. The smallest absolute Gasteiger partial charge is 0.317 e. The van der Waals surface area contributed by atoms with Gasteiger partial charge in [-0.1, -0.05) is 30.3 Å². The van der Waals surface area contributed by atoms with Crippen LogP contribution in [0, 0.1) is 0 Å². The Morgan fingerprint density at radius 3 is 2.73 bits per heavy atom. The molecule has 3 rings (SSSR count). The largest absolute Gasteiger partial charge is 0.334 e. The number of nitrogens with one attached hydrogen (secondary N) is 1. The fourth-order valence-corrected chi connectivity index (χ4v) is 3.46. The highest BCUT2D eigenvalue weighted by molar-refractivity contribution is 7.99. The lowest BCUT2D eigenvalue weighted by molar-refractivity contribution is 0.202. The minimum Gasteiger partial charge on any atom is -0.334 e. The summed E-state index contributed by atoms with van der Waals surface area (Å²) in [7, 11) is 1.90. The molecule has 0 atom stereocenters. The maximum atomic E-state index is 12.2. The first-order valence-electron chi connectivity index (χ1n) is 7.42. The Hall–Kier alpha value is -1.95. The highest BCUT2D eigenvalue weighted by Gasteiger charge is 2.17. The molecule has 1 fully saturated rings. The summed E-state index contributed by atoms with van der Waals surface area (Å²) in [5.74, 6) is 2.05. The van der Waals surface area contributed by atoms with E-state index in [-0.39, 0.29) is 6.03 Å². The van der Waals surface area contributed by atoms with E-state index in [1.807, 2.05) is 60.2 Å². The summed E-state index contributed by atoms with van der Waals surface area (Å²) in [6.45, 7) is 2.16. The number of urea groups is 1. The summed E-state index contributed by atoms with van der Waals surface area (Å²) in [6.07, 6.45) is 1.97. The molecule has 2 amide bonds. The molecule has 1 N–H and O–H groups in total. The maximum absolute atomic E-state index is 12.2. The number of aryl methyl sites for hydroxylation is 1. The number of rotatable bonds is 3. The van der Waals surface area contributed by atoms with Gasteiger partial charge in [-0.3, -0.25) is 4.68 Å². The molecule has 2 aromatic rings. The molecule has 2 heterocycles. The Bertz CT molecular complexity index is 635. The van der Waals surface area contributed by atoms with Crippen LogP contribution >= 0.6 is 11.8 Å². The molecule has 0 unspecified atom stereocenters. The lowest BCUT2D eigenvalue weighted by Gasteiger charge is -2.26. The van der Waals surface area contributed by atoms with Crippen LogP contribution in [0.2, 0.25) is 0 Å². The molecule has 5 nitrogen and oxygen atoms in total. The van der Waals surface area contributed by atoms with Crippen molar-refractivity contribution in [3.05, 3.63) is 42.1 Å². The minimum atomic E-state index is 0.0168. The van der Waals surface area contributed by atoms with Crippen LogP contribution in [0.15, 0.2) is 36.5 Å². The van der Waals surface area contributed by atoms with Crippen molar-refractivity contribution in [2.45, 2.75) is 6.54 Å². The first kappa shape index (κ1) is 15.0.